The molecule has 1 aliphatic heterocycles. The fourth-order valence-electron chi connectivity index (χ4n) is 2.17. The molecule has 0 bridgehead atoms. The van der Waals surface area contributed by atoms with E-state index in [1.807, 2.05) is 42.5 Å². The van der Waals surface area contributed by atoms with E-state index in [0.717, 1.165) is 5.56 Å². The highest BCUT2D eigenvalue weighted by Gasteiger charge is 2.27. The Bertz CT molecular complexity index is 607. The van der Waals surface area contributed by atoms with E-state index >= 15 is 0 Å². The van der Waals surface area contributed by atoms with Crippen LogP contribution in [-0.4, -0.2) is 5.78 Å². The fraction of sp³-hybridized carbons (Fsp3) is 0.133. The molecule has 3 rings (SSSR count). The lowest BCUT2D eigenvalue weighted by Gasteiger charge is -2.25. The van der Waals surface area contributed by atoms with Gasteiger partial charge in [0, 0.05) is 5.02 Å². The number of halogens is 1. The van der Waals surface area contributed by atoms with Gasteiger partial charge in [0.15, 0.2) is 5.78 Å². The molecule has 3 heteroatoms. The van der Waals surface area contributed by atoms with Gasteiger partial charge in [0.25, 0.3) is 0 Å². The average Bonchev–Trinajstić information content (AvgIpc) is 2.39. The summed E-state index contributed by atoms with van der Waals surface area (Å²) in [5.41, 5.74) is 1.60. The molecular formula is C15H11ClO2. The van der Waals surface area contributed by atoms with Crippen LogP contribution >= 0.6 is 11.6 Å². The lowest BCUT2D eigenvalue weighted by Crippen LogP contribution is -2.20. The van der Waals surface area contributed by atoms with E-state index < -0.39 is 0 Å². The van der Waals surface area contributed by atoms with Crippen LogP contribution in [0, 0.1) is 0 Å². The van der Waals surface area contributed by atoms with E-state index in [1.54, 1.807) is 6.07 Å². The molecule has 0 saturated heterocycles. The van der Waals surface area contributed by atoms with Crippen molar-refractivity contribution in [3.8, 4) is 5.75 Å². The molecule has 90 valence electrons. The summed E-state index contributed by atoms with van der Waals surface area (Å²) in [5.74, 6) is 0.764. The summed E-state index contributed by atoms with van der Waals surface area (Å²) in [6.07, 6.45) is 0.114. The lowest BCUT2D eigenvalue weighted by atomic mass is 9.96. The molecule has 1 atom stereocenters. The van der Waals surface area contributed by atoms with Crippen molar-refractivity contribution in [2.45, 2.75) is 12.5 Å². The van der Waals surface area contributed by atoms with Crippen LogP contribution in [-0.2, 0) is 0 Å². The highest BCUT2D eigenvalue weighted by atomic mass is 35.5. The largest absolute Gasteiger partial charge is 0.484 e. The number of benzene rings is 2. The molecule has 0 N–H and O–H groups in total. The SMILES string of the molecule is O=C1C[C@@H](c2cccc(Cl)c2)Oc2ccccc21. The first kappa shape index (κ1) is 11.3. The summed E-state index contributed by atoms with van der Waals surface area (Å²) in [7, 11) is 0. The van der Waals surface area contributed by atoms with Gasteiger partial charge in [0.1, 0.15) is 11.9 Å². The Morgan fingerprint density at radius 2 is 1.94 bits per heavy atom. The quantitative estimate of drug-likeness (QED) is 0.771. The van der Waals surface area contributed by atoms with Gasteiger partial charge in [-0.05, 0) is 29.8 Å². The van der Waals surface area contributed by atoms with Crippen LogP contribution in [0.2, 0.25) is 5.02 Å². The van der Waals surface area contributed by atoms with Gasteiger partial charge >= 0.3 is 0 Å². The number of carbonyl (C=O) groups excluding carboxylic acids is 1. The second kappa shape index (κ2) is 4.46. The van der Waals surface area contributed by atoms with Crippen molar-refractivity contribution in [2.24, 2.45) is 0 Å². The van der Waals surface area contributed by atoms with Crippen LogP contribution in [0.5, 0.6) is 5.75 Å². The molecule has 1 heterocycles. The Morgan fingerprint density at radius 3 is 2.78 bits per heavy atom. The third-order valence-corrected chi connectivity index (χ3v) is 3.28. The number of hydrogen-bond donors (Lipinski definition) is 0. The number of fused-ring (bicyclic) bond motifs is 1. The normalized spacial score (nSPS) is 18.1. The van der Waals surface area contributed by atoms with Gasteiger partial charge in [0.2, 0.25) is 0 Å². The van der Waals surface area contributed by atoms with Crippen molar-refractivity contribution in [3.05, 3.63) is 64.7 Å². The van der Waals surface area contributed by atoms with Crippen molar-refractivity contribution >= 4 is 17.4 Å². The van der Waals surface area contributed by atoms with E-state index in [4.69, 9.17) is 16.3 Å². The molecule has 0 amide bonds. The predicted octanol–water partition coefficient (Wildman–Crippen LogP) is 4.05. The summed E-state index contributed by atoms with van der Waals surface area (Å²) in [6.45, 7) is 0. The monoisotopic (exact) mass is 258 g/mol. The van der Waals surface area contributed by atoms with Crippen LogP contribution in [0.1, 0.15) is 28.4 Å². The van der Waals surface area contributed by atoms with Crippen molar-refractivity contribution in [3.63, 3.8) is 0 Å². The molecule has 0 spiro atoms. The molecule has 18 heavy (non-hydrogen) atoms. The first-order valence-electron chi connectivity index (χ1n) is 5.78. The number of para-hydroxylation sites is 1. The van der Waals surface area contributed by atoms with E-state index in [1.165, 1.54) is 0 Å². The van der Waals surface area contributed by atoms with Crippen LogP contribution < -0.4 is 4.74 Å². The fourth-order valence-corrected chi connectivity index (χ4v) is 2.36. The molecule has 0 radical (unpaired) electrons. The van der Waals surface area contributed by atoms with Crippen molar-refractivity contribution in [2.75, 3.05) is 0 Å². The van der Waals surface area contributed by atoms with E-state index in [0.29, 0.717) is 22.8 Å². The maximum Gasteiger partial charge on any atom is 0.170 e. The minimum atomic E-state index is -0.244. The van der Waals surface area contributed by atoms with E-state index in [9.17, 15) is 4.79 Å². The minimum Gasteiger partial charge on any atom is -0.484 e. The first-order valence-corrected chi connectivity index (χ1v) is 6.16. The molecule has 2 nitrogen and oxygen atoms in total. The van der Waals surface area contributed by atoms with Crippen molar-refractivity contribution in [1.82, 2.24) is 0 Å². The Hall–Kier alpha value is -1.80. The smallest absolute Gasteiger partial charge is 0.170 e. The molecule has 0 fully saturated rings. The summed E-state index contributed by atoms with van der Waals surface area (Å²) in [6, 6.07) is 14.8. The summed E-state index contributed by atoms with van der Waals surface area (Å²) in [4.78, 5) is 12.0. The van der Waals surface area contributed by atoms with Gasteiger partial charge in [-0.25, -0.2) is 0 Å². The Kier molecular flexibility index (Phi) is 2.80. The zero-order valence-corrected chi connectivity index (χ0v) is 10.4. The third-order valence-electron chi connectivity index (χ3n) is 3.05. The number of rotatable bonds is 1. The topological polar surface area (TPSA) is 26.3 Å². The highest BCUT2D eigenvalue weighted by molar-refractivity contribution is 6.30. The van der Waals surface area contributed by atoms with Crippen LogP contribution in [0.3, 0.4) is 0 Å². The second-order valence-corrected chi connectivity index (χ2v) is 4.72. The van der Waals surface area contributed by atoms with Crippen LogP contribution in [0.25, 0.3) is 0 Å². The van der Waals surface area contributed by atoms with E-state index in [-0.39, 0.29) is 11.9 Å². The number of Topliss-reactive ketones (excluding diaryl/α,β-unsaturated/α-hetero) is 1. The van der Waals surface area contributed by atoms with Crippen molar-refractivity contribution < 1.29 is 9.53 Å². The Morgan fingerprint density at radius 1 is 1.11 bits per heavy atom. The molecule has 2 aromatic carbocycles. The predicted molar refractivity (Wildman–Crippen MR) is 70.2 cm³/mol. The standard InChI is InChI=1S/C15H11ClO2/c16-11-5-3-4-10(8-11)15-9-13(17)12-6-1-2-7-14(12)18-15/h1-8,15H,9H2/t15-/m0/s1. The number of carbonyl (C=O) groups is 1. The van der Waals surface area contributed by atoms with Gasteiger partial charge in [-0.1, -0.05) is 35.9 Å². The minimum absolute atomic E-state index is 0.113. The van der Waals surface area contributed by atoms with Crippen LogP contribution in [0.15, 0.2) is 48.5 Å². The molecule has 0 unspecified atom stereocenters. The third kappa shape index (κ3) is 2.00. The maximum absolute atomic E-state index is 12.0. The Labute approximate surface area is 110 Å². The van der Waals surface area contributed by atoms with Crippen molar-refractivity contribution in [1.29, 1.82) is 0 Å². The molecule has 0 saturated carbocycles. The average molecular weight is 259 g/mol. The molecule has 1 aliphatic rings. The van der Waals surface area contributed by atoms with Gasteiger partial charge in [-0.3, -0.25) is 4.79 Å². The van der Waals surface area contributed by atoms with Gasteiger partial charge in [-0.15, -0.1) is 0 Å². The van der Waals surface area contributed by atoms with Gasteiger partial charge in [-0.2, -0.15) is 0 Å². The first-order chi connectivity index (χ1) is 8.74. The zero-order chi connectivity index (χ0) is 12.5. The van der Waals surface area contributed by atoms with Crippen LogP contribution in [0.4, 0.5) is 0 Å². The number of ketones is 1. The number of ether oxygens (including phenoxy) is 1. The molecule has 2 aromatic rings. The van der Waals surface area contributed by atoms with E-state index in [2.05, 4.69) is 0 Å². The summed E-state index contributed by atoms with van der Waals surface area (Å²) >= 11 is 5.96. The van der Waals surface area contributed by atoms with Gasteiger partial charge in [0.05, 0.1) is 12.0 Å². The Balaban J connectivity index is 1.97. The van der Waals surface area contributed by atoms with Gasteiger partial charge < -0.3 is 4.74 Å². The molecule has 0 aliphatic carbocycles. The summed E-state index contributed by atoms with van der Waals surface area (Å²) in [5, 5.41) is 0.655. The number of hydrogen-bond acceptors (Lipinski definition) is 2. The molecular weight excluding hydrogens is 248 g/mol. The second-order valence-electron chi connectivity index (χ2n) is 4.28. The lowest BCUT2D eigenvalue weighted by molar-refractivity contribution is 0.0850. The summed E-state index contributed by atoms with van der Waals surface area (Å²) < 4.78 is 5.86. The molecule has 0 aromatic heterocycles. The highest BCUT2D eigenvalue weighted by Crippen LogP contribution is 2.35. The maximum atomic E-state index is 12.0. The zero-order valence-electron chi connectivity index (χ0n) is 9.60.